The highest BCUT2D eigenvalue weighted by molar-refractivity contribution is 7.47. The van der Waals surface area contributed by atoms with E-state index in [9.17, 15) is 18.9 Å². The number of hydrogen-bond donors (Lipinski definition) is 3. The van der Waals surface area contributed by atoms with Gasteiger partial charge >= 0.3 is 15.6 Å². The number of unbranched alkanes of at least 4 members (excludes halogenated alkanes) is 5. The summed E-state index contributed by atoms with van der Waals surface area (Å²) < 4.78 is 49.0. The van der Waals surface area contributed by atoms with Crippen molar-refractivity contribution in [3.8, 4) is 0 Å². The van der Waals surface area contributed by atoms with Crippen LogP contribution in [-0.2, 0) is 32.0 Å². The molecule has 3 N–H and O–H groups in total. The van der Waals surface area contributed by atoms with E-state index < -0.39 is 34.0 Å². The summed E-state index contributed by atoms with van der Waals surface area (Å²) in [6.07, 6.45) is 3.50. The molecule has 0 aromatic carbocycles. The standard InChI is InChI=1S/C16H34O10P2/c1-14(2)25-28(20,21)24-13-16-15(9-12-22-16)26-27(18,19)23-11-8-6-4-3-5-7-10-17/h14-17H,3-13H2,1-2H3,(H,18,19)(H,20,21)/t15-,16+/m0/s1. The summed E-state index contributed by atoms with van der Waals surface area (Å²) in [4.78, 5) is 19.4. The van der Waals surface area contributed by atoms with Gasteiger partial charge in [-0.1, -0.05) is 25.7 Å². The van der Waals surface area contributed by atoms with Crippen LogP contribution in [0.5, 0.6) is 0 Å². The molecule has 28 heavy (non-hydrogen) atoms. The molecule has 1 fully saturated rings. The van der Waals surface area contributed by atoms with Crippen molar-refractivity contribution in [2.75, 3.05) is 26.4 Å². The Kier molecular flexibility index (Phi) is 12.6. The van der Waals surface area contributed by atoms with Crippen molar-refractivity contribution in [1.82, 2.24) is 0 Å². The van der Waals surface area contributed by atoms with Crippen LogP contribution < -0.4 is 0 Å². The summed E-state index contributed by atoms with van der Waals surface area (Å²) in [7, 11) is -8.49. The molecule has 0 spiro atoms. The number of aliphatic hydroxyl groups is 1. The summed E-state index contributed by atoms with van der Waals surface area (Å²) in [5.41, 5.74) is 0. The lowest BCUT2D eigenvalue weighted by Crippen LogP contribution is -2.28. The van der Waals surface area contributed by atoms with Gasteiger partial charge in [0.25, 0.3) is 0 Å². The first-order valence-electron chi connectivity index (χ1n) is 9.69. The lowest BCUT2D eigenvalue weighted by molar-refractivity contribution is -0.00521. The van der Waals surface area contributed by atoms with Crippen LogP contribution in [0.1, 0.15) is 58.8 Å². The van der Waals surface area contributed by atoms with Gasteiger partial charge in [-0.05, 0) is 26.7 Å². The van der Waals surface area contributed by atoms with Gasteiger partial charge in [-0.25, -0.2) is 9.13 Å². The van der Waals surface area contributed by atoms with Gasteiger partial charge in [0.05, 0.1) is 19.3 Å². The second-order valence-corrected chi connectivity index (χ2v) is 9.72. The van der Waals surface area contributed by atoms with Crippen LogP contribution in [0, 0.1) is 0 Å². The fraction of sp³-hybridized carbons (Fsp3) is 1.00. The van der Waals surface area contributed by atoms with E-state index in [1.54, 1.807) is 13.8 Å². The maximum absolute atomic E-state index is 12.1. The molecule has 1 aliphatic heterocycles. The van der Waals surface area contributed by atoms with Gasteiger partial charge in [-0.2, -0.15) is 0 Å². The molecule has 1 saturated heterocycles. The second kappa shape index (κ2) is 13.4. The number of rotatable bonds is 16. The van der Waals surface area contributed by atoms with Crippen LogP contribution >= 0.6 is 15.6 Å². The summed E-state index contributed by atoms with van der Waals surface area (Å²) in [5, 5.41) is 8.70. The molecule has 0 radical (unpaired) electrons. The summed E-state index contributed by atoms with van der Waals surface area (Å²) in [6.45, 7) is 3.45. The fourth-order valence-corrected chi connectivity index (χ4v) is 4.60. The van der Waals surface area contributed by atoms with E-state index >= 15 is 0 Å². The molecule has 0 amide bonds. The first kappa shape index (κ1) is 26.2. The quantitative estimate of drug-likeness (QED) is 0.238. The van der Waals surface area contributed by atoms with E-state index in [1.807, 2.05) is 0 Å². The molecule has 0 bridgehead atoms. The molecule has 12 heteroatoms. The average molecular weight is 448 g/mol. The molecule has 10 nitrogen and oxygen atoms in total. The number of aliphatic hydroxyl groups excluding tert-OH is 1. The van der Waals surface area contributed by atoms with Crippen molar-refractivity contribution < 1.29 is 46.9 Å². The molecule has 0 aromatic rings. The smallest absolute Gasteiger partial charge is 0.396 e. The molecule has 1 rings (SSSR count). The summed E-state index contributed by atoms with van der Waals surface area (Å²) in [5.74, 6) is 0. The molecular weight excluding hydrogens is 414 g/mol. The Morgan fingerprint density at radius 1 is 1.00 bits per heavy atom. The molecule has 168 valence electrons. The highest BCUT2D eigenvalue weighted by Gasteiger charge is 2.38. The highest BCUT2D eigenvalue weighted by atomic mass is 31.2. The number of ether oxygens (including phenoxy) is 1. The van der Waals surface area contributed by atoms with Gasteiger partial charge < -0.3 is 19.6 Å². The second-order valence-electron chi connectivity index (χ2n) is 6.91. The largest absolute Gasteiger partial charge is 0.472 e. The maximum atomic E-state index is 12.1. The molecule has 2 unspecified atom stereocenters. The number of hydrogen-bond acceptors (Lipinski definition) is 8. The van der Waals surface area contributed by atoms with Crippen LogP contribution in [0.25, 0.3) is 0 Å². The van der Waals surface area contributed by atoms with E-state index in [4.69, 9.17) is 27.9 Å². The van der Waals surface area contributed by atoms with Crippen LogP contribution in [0.3, 0.4) is 0 Å². The van der Waals surface area contributed by atoms with Gasteiger partial charge in [0.1, 0.15) is 12.2 Å². The molecule has 4 atom stereocenters. The zero-order valence-electron chi connectivity index (χ0n) is 16.6. The molecule has 0 saturated carbocycles. The Hall–Kier alpha value is 0.140. The monoisotopic (exact) mass is 448 g/mol. The lowest BCUT2D eigenvalue weighted by atomic mass is 10.1. The van der Waals surface area contributed by atoms with Crippen LogP contribution in [0.15, 0.2) is 0 Å². The topological polar surface area (TPSA) is 141 Å². The average Bonchev–Trinajstić information content (AvgIpc) is 3.00. The fourth-order valence-electron chi connectivity index (χ4n) is 2.67. The number of phosphoric acid groups is 2. The van der Waals surface area contributed by atoms with Crippen LogP contribution in [0.2, 0.25) is 0 Å². The van der Waals surface area contributed by atoms with Gasteiger partial charge in [0.15, 0.2) is 0 Å². The third-order valence-electron chi connectivity index (χ3n) is 3.97. The SMILES string of the molecule is CC(C)OP(=O)(O)OC[C@H]1OCC[C@@H]1OP(=O)(O)OCCCCCCCCO. The summed E-state index contributed by atoms with van der Waals surface area (Å²) >= 11 is 0. The zero-order chi connectivity index (χ0) is 21.0. The normalized spacial score (nSPS) is 24.4. The van der Waals surface area contributed by atoms with Crippen LogP contribution in [-0.4, -0.2) is 59.6 Å². The van der Waals surface area contributed by atoms with E-state index in [0.717, 1.165) is 32.1 Å². The minimum absolute atomic E-state index is 0.0938. The molecule has 0 aliphatic carbocycles. The Morgan fingerprint density at radius 3 is 2.29 bits per heavy atom. The van der Waals surface area contributed by atoms with Crippen molar-refractivity contribution in [3.05, 3.63) is 0 Å². The zero-order valence-corrected chi connectivity index (χ0v) is 18.4. The van der Waals surface area contributed by atoms with Gasteiger partial charge in [-0.3, -0.25) is 18.1 Å². The number of phosphoric ester groups is 2. The predicted molar refractivity (Wildman–Crippen MR) is 102 cm³/mol. The first-order valence-corrected chi connectivity index (χ1v) is 12.7. The van der Waals surface area contributed by atoms with Crippen molar-refractivity contribution >= 4 is 15.6 Å². The van der Waals surface area contributed by atoms with Crippen LogP contribution in [0.4, 0.5) is 0 Å². The van der Waals surface area contributed by atoms with Gasteiger partial charge in [0, 0.05) is 19.6 Å². The molecular formula is C16H34O10P2. The van der Waals surface area contributed by atoms with Crippen molar-refractivity contribution in [3.63, 3.8) is 0 Å². The maximum Gasteiger partial charge on any atom is 0.472 e. The van der Waals surface area contributed by atoms with Crippen molar-refractivity contribution in [1.29, 1.82) is 0 Å². The van der Waals surface area contributed by atoms with E-state index in [2.05, 4.69) is 0 Å². The highest BCUT2D eigenvalue weighted by Crippen LogP contribution is 2.48. The Morgan fingerprint density at radius 2 is 1.64 bits per heavy atom. The Labute approximate surface area is 166 Å². The minimum atomic E-state index is -4.26. The third-order valence-corrected chi connectivity index (χ3v) is 6.18. The van der Waals surface area contributed by atoms with Crippen molar-refractivity contribution in [2.24, 2.45) is 0 Å². The van der Waals surface area contributed by atoms with Crippen molar-refractivity contribution in [2.45, 2.75) is 77.1 Å². The minimum Gasteiger partial charge on any atom is -0.396 e. The Bertz CT molecular complexity index is 516. The molecule has 1 heterocycles. The lowest BCUT2D eigenvalue weighted by Gasteiger charge is -2.22. The summed E-state index contributed by atoms with van der Waals surface area (Å²) in [6, 6.07) is 0. The molecule has 0 aromatic heterocycles. The van der Waals surface area contributed by atoms with Gasteiger partial charge in [0.2, 0.25) is 0 Å². The Balaban J connectivity index is 2.29. The predicted octanol–water partition coefficient (Wildman–Crippen LogP) is 3.15. The molecule has 1 aliphatic rings. The van der Waals surface area contributed by atoms with Gasteiger partial charge in [-0.15, -0.1) is 0 Å². The van der Waals surface area contributed by atoms with E-state index in [1.165, 1.54) is 0 Å². The first-order chi connectivity index (χ1) is 13.2. The van der Waals surface area contributed by atoms with E-state index in [-0.39, 0.29) is 26.4 Å². The van der Waals surface area contributed by atoms with E-state index in [0.29, 0.717) is 12.8 Å². The third kappa shape index (κ3) is 12.0.